The molecule has 0 fully saturated rings. The summed E-state index contributed by atoms with van der Waals surface area (Å²) in [6.45, 7) is 0. The van der Waals surface area contributed by atoms with Crippen LogP contribution in [-0.2, 0) is 0 Å². The summed E-state index contributed by atoms with van der Waals surface area (Å²) in [7, 11) is 0. The highest BCUT2D eigenvalue weighted by Crippen LogP contribution is 2.44. The zero-order valence-electron chi connectivity index (χ0n) is 30.4. The summed E-state index contributed by atoms with van der Waals surface area (Å²) in [6.07, 6.45) is 0. The Labute approximate surface area is 287 Å². The number of furan rings is 1. The lowest BCUT2D eigenvalue weighted by Crippen LogP contribution is -1.89. The maximum Gasteiger partial charge on any atom is 0.136 e. The molecule has 1 nitrogen and oxygen atoms in total. The van der Waals surface area contributed by atoms with Crippen molar-refractivity contribution in [3.05, 3.63) is 158 Å². The minimum atomic E-state index is -0.389. The molecule has 11 aromatic rings. The molecule has 0 saturated heterocycles. The van der Waals surface area contributed by atoms with E-state index >= 15 is 0 Å². The number of benzene rings is 9. The first-order valence-electron chi connectivity index (χ1n) is 18.5. The quantitative estimate of drug-likeness (QED) is 0.177. The van der Waals surface area contributed by atoms with Gasteiger partial charge in [0.1, 0.15) is 11.2 Å². The fraction of sp³-hybridized carbons (Fsp3) is 0. The molecular formula is C46H26OS. The van der Waals surface area contributed by atoms with E-state index in [2.05, 4.69) is 109 Å². The molecule has 0 radical (unpaired) electrons. The highest BCUT2D eigenvalue weighted by molar-refractivity contribution is 7.25. The SMILES string of the molecule is [2H]c1c([2H])c([2H])c(-c2ccc3ccc4c(-c5cccc(-c6ccc7c(c6)oc6cc8c(cc67)sc6ccccc68)c5)ccc5ccc2c3c54)c([2H])c1[2H]. The van der Waals surface area contributed by atoms with Crippen LogP contribution < -0.4 is 0 Å². The van der Waals surface area contributed by atoms with Crippen LogP contribution in [0.15, 0.2) is 162 Å². The number of rotatable bonds is 3. The van der Waals surface area contributed by atoms with Gasteiger partial charge in [0.25, 0.3) is 0 Å². The molecule has 2 heterocycles. The van der Waals surface area contributed by atoms with Crippen LogP contribution in [-0.4, -0.2) is 0 Å². The molecule has 222 valence electrons. The van der Waals surface area contributed by atoms with Gasteiger partial charge < -0.3 is 4.42 Å². The second-order valence-corrected chi connectivity index (χ2v) is 13.6. The Balaban J connectivity index is 1.05. The molecule has 0 amide bonds. The van der Waals surface area contributed by atoms with Crippen molar-refractivity contribution in [1.29, 1.82) is 0 Å². The van der Waals surface area contributed by atoms with Crippen molar-refractivity contribution >= 4 is 85.8 Å². The molecule has 0 aliphatic rings. The molecule has 9 aromatic carbocycles. The first-order chi connectivity index (χ1) is 25.8. The largest absolute Gasteiger partial charge is 0.456 e. The molecule has 0 N–H and O–H groups in total. The molecule has 0 bridgehead atoms. The molecule has 0 atom stereocenters. The molecule has 0 saturated carbocycles. The van der Waals surface area contributed by atoms with E-state index in [1.165, 1.54) is 20.2 Å². The Morgan fingerprint density at radius 3 is 1.90 bits per heavy atom. The average Bonchev–Trinajstić information content (AvgIpc) is 3.74. The Morgan fingerprint density at radius 2 is 1.08 bits per heavy atom. The molecule has 48 heavy (non-hydrogen) atoms. The lowest BCUT2D eigenvalue weighted by Gasteiger charge is -2.17. The molecule has 0 unspecified atom stereocenters. The monoisotopic (exact) mass is 631 g/mol. The summed E-state index contributed by atoms with van der Waals surface area (Å²) >= 11 is 1.82. The van der Waals surface area contributed by atoms with Gasteiger partial charge in [0.2, 0.25) is 0 Å². The molecule has 0 aliphatic carbocycles. The fourth-order valence-corrected chi connectivity index (χ4v) is 8.82. The Kier molecular flexibility index (Phi) is 4.43. The third-order valence-corrected chi connectivity index (χ3v) is 11.0. The third kappa shape index (κ3) is 3.72. The van der Waals surface area contributed by atoms with Crippen molar-refractivity contribution in [2.75, 3.05) is 0 Å². The predicted molar refractivity (Wildman–Crippen MR) is 207 cm³/mol. The molecule has 11 rings (SSSR count). The van der Waals surface area contributed by atoms with Gasteiger partial charge in [-0.05, 0) is 102 Å². The minimum absolute atomic E-state index is 0.196. The van der Waals surface area contributed by atoms with E-state index < -0.39 is 0 Å². The van der Waals surface area contributed by atoms with Gasteiger partial charge >= 0.3 is 0 Å². The van der Waals surface area contributed by atoms with E-state index in [1.54, 1.807) is 0 Å². The van der Waals surface area contributed by atoms with Crippen LogP contribution in [0.2, 0.25) is 0 Å². The van der Waals surface area contributed by atoms with Crippen molar-refractivity contribution < 1.29 is 11.3 Å². The molecule has 0 aliphatic heterocycles. The summed E-state index contributed by atoms with van der Waals surface area (Å²) in [6, 6.07) is 43.2. The van der Waals surface area contributed by atoms with Crippen molar-refractivity contribution in [3.8, 4) is 33.4 Å². The van der Waals surface area contributed by atoms with E-state index in [4.69, 9.17) is 11.3 Å². The summed E-state index contributed by atoms with van der Waals surface area (Å²) in [5.41, 5.74) is 6.95. The summed E-state index contributed by atoms with van der Waals surface area (Å²) in [5.74, 6) is 0. The van der Waals surface area contributed by atoms with Gasteiger partial charge in [-0.1, -0.05) is 121 Å². The lowest BCUT2D eigenvalue weighted by atomic mass is 9.87. The second-order valence-electron chi connectivity index (χ2n) is 12.5. The van der Waals surface area contributed by atoms with Crippen molar-refractivity contribution in [1.82, 2.24) is 0 Å². The van der Waals surface area contributed by atoms with Gasteiger partial charge in [-0.25, -0.2) is 0 Å². The number of hydrogen-bond donors (Lipinski definition) is 0. The summed E-state index contributed by atoms with van der Waals surface area (Å²) in [5, 5.41) is 10.9. The van der Waals surface area contributed by atoms with Gasteiger partial charge in [0.05, 0.1) is 6.85 Å². The maximum absolute atomic E-state index is 8.69. The topological polar surface area (TPSA) is 13.1 Å². The predicted octanol–water partition coefficient (Wildman–Crippen LogP) is 13.9. The van der Waals surface area contributed by atoms with Crippen LogP contribution in [0.5, 0.6) is 0 Å². The first kappa shape index (κ1) is 21.8. The summed E-state index contributed by atoms with van der Waals surface area (Å²) in [4.78, 5) is 0. The van der Waals surface area contributed by atoms with Crippen LogP contribution >= 0.6 is 11.3 Å². The molecule has 2 heteroatoms. The number of hydrogen-bond acceptors (Lipinski definition) is 2. The van der Waals surface area contributed by atoms with Gasteiger partial charge in [-0.2, -0.15) is 0 Å². The van der Waals surface area contributed by atoms with Crippen LogP contribution in [0.3, 0.4) is 0 Å². The first-order valence-corrected chi connectivity index (χ1v) is 16.8. The number of fused-ring (bicyclic) bond motifs is 6. The van der Waals surface area contributed by atoms with Crippen LogP contribution in [0.25, 0.3) is 108 Å². The van der Waals surface area contributed by atoms with Gasteiger partial charge in [-0.15, -0.1) is 11.3 Å². The molecular weight excluding hydrogens is 601 g/mol. The van der Waals surface area contributed by atoms with Crippen LogP contribution in [0.4, 0.5) is 0 Å². The van der Waals surface area contributed by atoms with Crippen molar-refractivity contribution in [2.24, 2.45) is 0 Å². The number of thiophene rings is 1. The average molecular weight is 632 g/mol. The zero-order chi connectivity index (χ0) is 35.7. The van der Waals surface area contributed by atoms with E-state index in [1.807, 2.05) is 29.5 Å². The highest BCUT2D eigenvalue weighted by Gasteiger charge is 2.16. The Morgan fingerprint density at radius 1 is 0.417 bits per heavy atom. The van der Waals surface area contributed by atoms with E-state index in [-0.39, 0.29) is 35.8 Å². The van der Waals surface area contributed by atoms with Gasteiger partial charge in [0, 0.05) is 30.9 Å². The van der Waals surface area contributed by atoms with Gasteiger partial charge in [-0.3, -0.25) is 0 Å². The molecule has 0 spiro atoms. The fourth-order valence-electron chi connectivity index (χ4n) is 7.70. The summed E-state index contributed by atoms with van der Waals surface area (Å²) < 4.78 is 51.1. The Bertz CT molecular complexity index is 3330. The van der Waals surface area contributed by atoms with E-state index in [9.17, 15) is 0 Å². The van der Waals surface area contributed by atoms with Crippen molar-refractivity contribution in [3.63, 3.8) is 0 Å². The smallest absolute Gasteiger partial charge is 0.136 e. The van der Waals surface area contributed by atoms with E-state index in [0.29, 0.717) is 5.56 Å². The van der Waals surface area contributed by atoms with Crippen LogP contribution in [0.1, 0.15) is 6.85 Å². The maximum atomic E-state index is 8.69. The van der Waals surface area contributed by atoms with Crippen LogP contribution in [0, 0.1) is 0 Å². The Hall–Kier alpha value is -5.96. The second kappa shape index (κ2) is 9.78. The highest BCUT2D eigenvalue weighted by atomic mass is 32.1. The van der Waals surface area contributed by atoms with E-state index in [0.717, 1.165) is 76.5 Å². The standard InChI is InChI=1S/C46H26OS/c1-2-7-27(8-3-1)33-18-13-28-16-22-38-34(19-14-29-15-21-37(33)45(28)46(29)38)32-10-6-9-30(23-32)31-17-20-35-39-26-44-40(25-42(39)47-41(35)24-31)36-11-4-5-12-43(36)48-44/h1-26H/i1D,2D,3D,7D,8D. The zero-order valence-corrected chi connectivity index (χ0v) is 26.3. The lowest BCUT2D eigenvalue weighted by molar-refractivity contribution is 0.669. The van der Waals surface area contributed by atoms with Crippen molar-refractivity contribution in [2.45, 2.75) is 0 Å². The third-order valence-electron chi connectivity index (χ3n) is 9.91. The van der Waals surface area contributed by atoms with Gasteiger partial charge in [0.15, 0.2) is 0 Å². The molecule has 2 aromatic heterocycles. The normalized spacial score (nSPS) is 13.6. The minimum Gasteiger partial charge on any atom is -0.456 e.